The Kier molecular flexibility index (Phi) is 7.51. The topological polar surface area (TPSA) is 99.5 Å². The molecule has 2 aromatic rings. The molecule has 2 atom stereocenters. The third-order valence-corrected chi connectivity index (χ3v) is 7.20. The summed E-state index contributed by atoms with van der Waals surface area (Å²) in [6.45, 7) is 3.91. The maximum absolute atomic E-state index is 13.2. The molecule has 8 nitrogen and oxygen atoms in total. The van der Waals surface area contributed by atoms with Crippen LogP contribution in [0.15, 0.2) is 54.6 Å². The zero-order valence-corrected chi connectivity index (χ0v) is 19.6. The maximum atomic E-state index is 13.2. The van der Waals surface area contributed by atoms with Crippen molar-refractivity contribution in [2.75, 3.05) is 33.3 Å². The van der Waals surface area contributed by atoms with Gasteiger partial charge in [0.2, 0.25) is 0 Å². The number of phosphoric acid groups is 1. The van der Waals surface area contributed by atoms with E-state index < -0.39 is 7.82 Å². The fourth-order valence-electron chi connectivity index (χ4n) is 5.00. The number of ether oxygens (including phenoxy) is 1. The summed E-state index contributed by atoms with van der Waals surface area (Å²) in [5, 5.41) is 0. The maximum Gasteiger partial charge on any atom is 0.469 e. The average molecular weight is 474 g/mol. The second-order valence-corrected chi connectivity index (χ2v) is 10.0. The fourth-order valence-corrected chi connectivity index (χ4v) is 5.00. The van der Waals surface area contributed by atoms with Gasteiger partial charge in [0, 0.05) is 20.2 Å². The summed E-state index contributed by atoms with van der Waals surface area (Å²) in [7, 11) is -3.20. The molecular weight excluding hydrogens is 443 g/mol. The van der Waals surface area contributed by atoms with E-state index >= 15 is 0 Å². The van der Waals surface area contributed by atoms with Crippen molar-refractivity contribution in [3.8, 4) is 0 Å². The summed E-state index contributed by atoms with van der Waals surface area (Å²) in [6, 6.07) is 18.8. The quantitative estimate of drug-likeness (QED) is 0.656. The van der Waals surface area contributed by atoms with Gasteiger partial charge in [-0.15, -0.1) is 0 Å². The fraction of sp³-hybridized carbons (Fsp3) is 0.458. The highest BCUT2D eigenvalue weighted by Gasteiger charge is 2.39. The van der Waals surface area contributed by atoms with E-state index in [9.17, 15) is 9.36 Å². The summed E-state index contributed by atoms with van der Waals surface area (Å²) in [6.07, 6.45) is 3.09. The van der Waals surface area contributed by atoms with E-state index in [1.165, 1.54) is 11.1 Å². The molecule has 0 radical (unpaired) electrons. The molecule has 2 N–H and O–H groups in total. The van der Waals surface area contributed by atoms with E-state index in [-0.39, 0.29) is 18.2 Å². The van der Waals surface area contributed by atoms with E-state index in [0.29, 0.717) is 12.5 Å². The standard InChI is InChI=1S/C23H26N2O2.CH5O4P/c26-23(27-21-16-24-13-10-18(21)11-14-24)25-15-12-17-6-4-5-9-20(17)22(25)19-7-2-1-3-8-19;1-5-6(2,3)4/h1-9,18,21-22H,10-16H2;1H3,(H2,2,3,4)/t21-,22+;/m0./s1. The van der Waals surface area contributed by atoms with Gasteiger partial charge in [-0.05, 0) is 55.0 Å². The van der Waals surface area contributed by atoms with E-state index in [4.69, 9.17) is 14.5 Å². The molecule has 0 unspecified atom stereocenters. The molecule has 6 rings (SSSR count). The molecule has 178 valence electrons. The highest BCUT2D eigenvalue weighted by molar-refractivity contribution is 7.46. The van der Waals surface area contributed by atoms with Crippen molar-refractivity contribution in [2.45, 2.75) is 31.4 Å². The number of phosphoric ester groups is 1. The Bertz CT molecular complexity index is 989. The van der Waals surface area contributed by atoms with Gasteiger partial charge in [0.05, 0.1) is 6.04 Å². The third-order valence-electron chi connectivity index (χ3n) is 6.72. The van der Waals surface area contributed by atoms with Crippen LogP contribution in [0.1, 0.15) is 35.6 Å². The number of benzene rings is 2. The van der Waals surface area contributed by atoms with Crippen LogP contribution in [-0.2, 0) is 20.2 Å². The van der Waals surface area contributed by atoms with Crippen LogP contribution < -0.4 is 0 Å². The minimum atomic E-state index is -4.15. The van der Waals surface area contributed by atoms with Gasteiger partial charge in [0.1, 0.15) is 6.10 Å². The molecule has 0 aliphatic carbocycles. The van der Waals surface area contributed by atoms with Crippen molar-refractivity contribution in [1.82, 2.24) is 9.80 Å². The van der Waals surface area contributed by atoms with Crippen molar-refractivity contribution in [3.05, 3.63) is 71.3 Å². The number of rotatable bonds is 3. The molecule has 0 aromatic heterocycles. The van der Waals surface area contributed by atoms with E-state index in [0.717, 1.165) is 51.6 Å². The van der Waals surface area contributed by atoms with E-state index in [1.54, 1.807) is 0 Å². The molecule has 33 heavy (non-hydrogen) atoms. The van der Waals surface area contributed by atoms with Crippen LogP contribution in [0.5, 0.6) is 0 Å². The number of carbonyl (C=O) groups excluding carboxylic acids is 1. The minimum absolute atomic E-state index is 0.0496. The number of amides is 1. The van der Waals surface area contributed by atoms with Gasteiger partial charge in [0.15, 0.2) is 0 Å². The molecule has 2 aromatic carbocycles. The molecular formula is C24H31N2O6P. The number of hydrogen-bond donors (Lipinski definition) is 2. The Balaban J connectivity index is 0.000000385. The van der Waals surface area contributed by atoms with Gasteiger partial charge in [-0.1, -0.05) is 54.6 Å². The van der Waals surface area contributed by atoms with Crippen LogP contribution in [0.2, 0.25) is 0 Å². The molecule has 3 fully saturated rings. The van der Waals surface area contributed by atoms with Gasteiger partial charge >= 0.3 is 13.9 Å². The SMILES string of the molecule is COP(=O)(O)O.O=C(O[C@H]1CN2CCC1CC2)N1CCc2ccccc2[C@H]1c1ccccc1. The highest BCUT2D eigenvalue weighted by Crippen LogP contribution is 2.37. The molecule has 9 heteroatoms. The van der Waals surface area contributed by atoms with Crippen molar-refractivity contribution in [1.29, 1.82) is 0 Å². The van der Waals surface area contributed by atoms with Gasteiger partial charge in [-0.3, -0.25) is 14.3 Å². The first-order valence-corrected chi connectivity index (χ1v) is 12.8. The lowest BCUT2D eigenvalue weighted by Gasteiger charge is -2.45. The number of carbonyl (C=O) groups is 1. The van der Waals surface area contributed by atoms with Gasteiger partial charge in [0.25, 0.3) is 0 Å². The normalized spacial score (nSPS) is 26.1. The third kappa shape index (κ3) is 5.83. The van der Waals surface area contributed by atoms with Crippen LogP contribution in [0.3, 0.4) is 0 Å². The second kappa shape index (κ2) is 10.4. The molecule has 0 spiro atoms. The molecule has 4 aliphatic heterocycles. The predicted molar refractivity (Wildman–Crippen MR) is 124 cm³/mol. The summed E-state index contributed by atoms with van der Waals surface area (Å²) in [5.41, 5.74) is 3.70. The summed E-state index contributed by atoms with van der Waals surface area (Å²) >= 11 is 0. The van der Waals surface area contributed by atoms with Crippen molar-refractivity contribution < 1.29 is 28.4 Å². The number of nitrogens with zero attached hydrogens (tertiary/aromatic N) is 2. The van der Waals surface area contributed by atoms with Gasteiger partial charge in [-0.25, -0.2) is 9.36 Å². The van der Waals surface area contributed by atoms with Gasteiger partial charge in [-0.2, -0.15) is 0 Å². The van der Waals surface area contributed by atoms with Crippen molar-refractivity contribution >= 4 is 13.9 Å². The lowest BCUT2D eigenvalue weighted by atomic mass is 9.86. The molecule has 1 amide bonds. The Hall–Kier alpha value is -2.22. The van der Waals surface area contributed by atoms with Crippen LogP contribution in [0.25, 0.3) is 0 Å². The summed E-state index contributed by atoms with van der Waals surface area (Å²) < 4.78 is 19.2. The zero-order chi connectivity index (χ0) is 23.4. The van der Waals surface area contributed by atoms with Crippen LogP contribution in [-0.4, -0.2) is 65.1 Å². The Morgan fingerprint density at radius 3 is 2.24 bits per heavy atom. The first-order valence-electron chi connectivity index (χ1n) is 11.3. The minimum Gasteiger partial charge on any atom is -0.444 e. The first kappa shape index (κ1) is 23.9. The number of piperidine rings is 3. The second-order valence-electron chi connectivity index (χ2n) is 8.69. The highest BCUT2D eigenvalue weighted by atomic mass is 31.2. The molecule has 4 aliphatic rings. The molecule has 3 saturated heterocycles. The van der Waals surface area contributed by atoms with Crippen LogP contribution in [0.4, 0.5) is 4.79 Å². The predicted octanol–water partition coefficient (Wildman–Crippen LogP) is 3.59. The molecule has 0 saturated carbocycles. The van der Waals surface area contributed by atoms with Crippen LogP contribution >= 0.6 is 7.82 Å². The lowest BCUT2D eigenvalue weighted by Crippen LogP contribution is -2.53. The lowest BCUT2D eigenvalue weighted by molar-refractivity contribution is -0.0462. The smallest absolute Gasteiger partial charge is 0.444 e. The largest absolute Gasteiger partial charge is 0.469 e. The Morgan fingerprint density at radius 1 is 1.00 bits per heavy atom. The Labute approximate surface area is 194 Å². The summed E-state index contributed by atoms with van der Waals surface area (Å²) in [4.78, 5) is 33.0. The summed E-state index contributed by atoms with van der Waals surface area (Å²) in [5.74, 6) is 0.534. The van der Waals surface area contributed by atoms with E-state index in [2.05, 4.69) is 45.8 Å². The van der Waals surface area contributed by atoms with Crippen molar-refractivity contribution in [2.24, 2.45) is 5.92 Å². The van der Waals surface area contributed by atoms with E-state index in [1.807, 2.05) is 23.1 Å². The Morgan fingerprint density at radius 2 is 1.64 bits per heavy atom. The van der Waals surface area contributed by atoms with Crippen molar-refractivity contribution in [3.63, 3.8) is 0 Å². The zero-order valence-electron chi connectivity index (χ0n) is 18.7. The monoisotopic (exact) mass is 474 g/mol. The number of hydrogen-bond acceptors (Lipinski definition) is 5. The molecule has 2 bridgehead atoms. The first-order chi connectivity index (χ1) is 15.9. The average Bonchev–Trinajstić information content (AvgIpc) is 2.84. The van der Waals surface area contributed by atoms with Gasteiger partial charge < -0.3 is 14.5 Å². The molecule has 4 heterocycles. The number of fused-ring (bicyclic) bond motifs is 4. The van der Waals surface area contributed by atoms with Crippen LogP contribution in [0, 0.1) is 5.92 Å².